The lowest BCUT2D eigenvalue weighted by molar-refractivity contribution is -0.149. The van der Waals surface area contributed by atoms with Crippen LogP contribution >= 0.6 is 24.0 Å². The number of piperidine rings is 1. The second-order valence-electron chi connectivity index (χ2n) is 7.60. The van der Waals surface area contributed by atoms with Crippen LogP contribution in [0.3, 0.4) is 0 Å². The van der Waals surface area contributed by atoms with Crippen molar-refractivity contribution in [3.63, 3.8) is 0 Å². The molecule has 1 aliphatic heterocycles. The highest BCUT2D eigenvalue weighted by Gasteiger charge is 2.35. The summed E-state index contributed by atoms with van der Waals surface area (Å²) in [4.78, 5) is 19.0. The average Bonchev–Trinajstić information content (AvgIpc) is 2.62. The first kappa shape index (κ1) is 23.5. The monoisotopic (exact) mass is 481 g/mol. The van der Waals surface area contributed by atoms with Gasteiger partial charge in [0.15, 0.2) is 5.96 Å². The van der Waals surface area contributed by atoms with Crippen molar-refractivity contribution in [1.82, 2.24) is 10.2 Å². The molecule has 2 atom stereocenters. The fourth-order valence-corrected chi connectivity index (χ4v) is 3.83. The van der Waals surface area contributed by atoms with Gasteiger partial charge in [-0.3, -0.25) is 9.79 Å². The molecule has 0 aromatic carbocycles. The van der Waals surface area contributed by atoms with Crippen molar-refractivity contribution in [3.05, 3.63) is 0 Å². The zero-order valence-corrected chi connectivity index (χ0v) is 18.8. The van der Waals surface area contributed by atoms with E-state index < -0.39 is 0 Å². The molecular formula is C19H36IN3O3. The number of ether oxygens (including phenoxy) is 1. The number of carbonyl (C=O) groups excluding carboxylic acids is 1. The van der Waals surface area contributed by atoms with E-state index in [4.69, 9.17) is 9.73 Å². The predicted octanol–water partition coefficient (Wildman–Crippen LogP) is 2.79. The van der Waals surface area contributed by atoms with Crippen LogP contribution in [0.25, 0.3) is 0 Å². The van der Waals surface area contributed by atoms with Gasteiger partial charge in [-0.2, -0.15) is 0 Å². The molecule has 0 spiro atoms. The van der Waals surface area contributed by atoms with Crippen molar-refractivity contribution >= 4 is 35.9 Å². The summed E-state index contributed by atoms with van der Waals surface area (Å²) < 4.78 is 5.15. The number of hydrogen-bond donors (Lipinski definition) is 2. The smallest absolute Gasteiger partial charge is 0.309 e. The van der Waals surface area contributed by atoms with E-state index in [1.807, 2.05) is 6.92 Å². The number of hydrogen-bond acceptors (Lipinski definition) is 4. The van der Waals surface area contributed by atoms with Gasteiger partial charge in [-0.25, -0.2) is 0 Å². The maximum atomic E-state index is 11.9. The molecule has 2 fully saturated rings. The van der Waals surface area contributed by atoms with Crippen molar-refractivity contribution in [2.45, 2.75) is 65.4 Å². The van der Waals surface area contributed by atoms with E-state index in [1.165, 1.54) is 6.42 Å². The number of aliphatic hydroxyl groups is 1. The first-order valence-electron chi connectivity index (χ1n) is 9.88. The molecule has 2 aliphatic rings. The minimum absolute atomic E-state index is 0. The number of aliphatic imine (C=N–C) groups is 1. The number of carbonyl (C=O) groups is 1. The van der Waals surface area contributed by atoms with Crippen molar-refractivity contribution < 1.29 is 14.6 Å². The fourth-order valence-electron chi connectivity index (χ4n) is 3.83. The van der Waals surface area contributed by atoms with Crippen LogP contribution in [0, 0.1) is 11.3 Å². The summed E-state index contributed by atoms with van der Waals surface area (Å²) in [6.45, 7) is 9.61. The molecule has 1 saturated carbocycles. The third kappa shape index (κ3) is 6.25. The van der Waals surface area contributed by atoms with E-state index in [0.717, 1.165) is 57.7 Å². The predicted molar refractivity (Wildman–Crippen MR) is 115 cm³/mol. The number of esters is 1. The molecular weight excluding hydrogens is 445 g/mol. The van der Waals surface area contributed by atoms with Crippen LogP contribution in [0.1, 0.15) is 59.3 Å². The van der Waals surface area contributed by atoms with Gasteiger partial charge in [-0.15, -0.1) is 24.0 Å². The Kier molecular flexibility index (Phi) is 10.2. The quantitative estimate of drug-likeness (QED) is 0.274. The molecule has 152 valence electrons. The Balaban J connectivity index is 0.00000338. The molecule has 2 rings (SSSR count). The molecule has 2 N–H and O–H groups in total. The van der Waals surface area contributed by atoms with Crippen molar-refractivity contribution in [2.75, 3.05) is 32.8 Å². The number of halogens is 1. The van der Waals surface area contributed by atoms with Crippen LogP contribution < -0.4 is 5.32 Å². The van der Waals surface area contributed by atoms with Gasteiger partial charge in [-0.05, 0) is 39.5 Å². The molecule has 1 saturated heterocycles. The second kappa shape index (κ2) is 11.3. The lowest BCUT2D eigenvalue weighted by Gasteiger charge is -2.38. The maximum Gasteiger partial charge on any atom is 0.309 e. The summed E-state index contributed by atoms with van der Waals surface area (Å²) in [5.41, 5.74) is -0.123. The van der Waals surface area contributed by atoms with E-state index in [9.17, 15) is 9.90 Å². The number of guanidine groups is 1. The van der Waals surface area contributed by atoms with Crippen molar-refractivity contribution in [1.29, 1.82) is 0 Å². The lowest BCUT2D eigenvalue weighted by Crippen LogP contribution is -2.47. The number of rotatable bonds is 5. The summed E-state index contributed by atoms with van der Waals surface area (Å²) in [5.74, 6) is 0.850. The molecule has 0 radical (unpaired) electrons. The summed E-state index contributed by atoms with van der Waals surface area (Å²) in [6.07, 6.45) is 5.55. The normalized spacial score (nSPS) is 27.6. The van der Waals surface area contributed by atoms with Crippen LogP contribution in [0.5, 0.6) is 0 Å². The van der Waals surface area contributed by atoms with Gasteiger partial charge in [0, 0.05) is 25.0 Å². The Morgan fingerprint density at radius 1 is 1.27 bits per heavy atom. The maximum absolute atomic E-state index is 11.9. The van der Waals surface area contributed by atoms with Gasteiger partial charge in [0.2, 0.25) is 0 Å². The standard InChI is InChI=1S/C19H35N3O3.HI/c1-4-20-18(21-14-19(3)11-7-6-8-16(19)23)22-12-9-15(10-13-22)17(24)25-5-2;/h15-16,23H,4-14H2,1-3H3,(H,20,21);1H. The summed E-state index contributed by atoms with van der Waals surface area (Å²) >= 11 is 0. The number of likely N-dealkylation sites (tertiary alicyclic amines) is 1. The molecule has 0 aromatic heterocycles. The Morgan fingerprint density at radius 3 is 2.54 bits per heavy atom. The molecule has 1 heterocycles. The van der Waals surface area contributed by atoms with Crippen LogP contribution in [-0.4, -0.2) is 60.8 Å². The zero-order chi connectivity index (χ0) is 18.3. The largest absolute Gasteiger partial charge is 0.466 e. The third-order valence-electron chi connectivity index (χ3n) is 5.62. The van der Waals surface area contributed by atoms with Crippen LogP contribution in [0.4, 0.5) is 0 Å². The average molecular weight is 481 g/mol. The van der Waals surface area contributed by atoms with E-state index in [0.29, 0.717) is 13.2 Å². The Labute approximate surface area is 175 Å². The summed E-state index contributed by atoms with van der Waals surface area (Å²) in [5, 5.41) is 13.7. The van der Waals surface area contributed by atoms with Crippen molar-refractivity contribution in [2.24, 2.45) is 16.3 Å². The minimum atomic E-state index is -0.262. The second-order valence-corrected chi connectivity index (χ2v) is 7.60. The number of aliphatic hydroxyl groups excluding tert-OH is 1. The molecule has 0 aromatic rings. The van der Waals surface area contributed by atoms with Gasteiger partial charge in [-0.1, -0.05) is 19.8 Å². The molecule has 26 heavy (non-hydrogen) atoms. The first-order chi connectivity index (χ1) is 12.0. The molecule has 2 unspecified atom stereocenters. The SMILES string of the molecule is CCNC(=NCC1(C)CCCCC1O)N1CCC(C(=O)OCC)CC1.I. The van der Waals surface area contributed by atoms with Crippen molar-refractivity contribution in [3.8, 4) is 0 Å². The molecule has 0 amide bonds. The van der Waals surface area contributed by atoms with Crippen LogP contribution in [0.2, 0.25) is 0 Å². The van der Waals surface area contributed by atoms with Gasteiger partial charge in [0.1, 0.15) is 0 Å². The van der Waals surface area contributed by atoms with E-state index in [2.05, 4.69) is 24.1 Å². The van der Waals surface area contributed by atoms with Gasteiger partial charge in [0.25, 0.3) is 0 Å². The van der Waals surface area contributed by atoms with Gasteiger partial charge >= 0.3 is 5.97 Å². The van der Waals surface area contributed by atoms with Crippen LogP contribution in [-0.2, 0) is 9.53 Å². The van der Waals surface area contributed by atoms with E-state index >= 15 is 0 Å². The topological polar surface area (TPSA) is 74.2 Å². The first-order valence-corrected chi connectivity index (χ1v) is 9.88. The molecule has 1 aliphatic carbocycles. The molecule has 6 nitrogen and oxygen atoms in total. The Bertz CT molecular complexity index is 467. The Hall–Kier alpha value is -0.570. The lowest BCUT2D eigenvalue weighted by atomic mass is 9.73. The molecule has 7 heteroatoms. The van der Waals surface area contributed by atoms with Gasteiger partial charge < -0.3 is 20.1 Å². The Morgan fingerprint density at radius 2 is 1.96 bits per heavy atom. The highest BCUT2D eigenvalue weighted by molar-refractivity contribution is 14.0. The number of nitrogens with one attached hydrogen (secondary N) is 1. The zero-order valence-electron chi connectivity index (χ0n) is 16.5. The molecule has 0 bridgehead atoms. The summed E-state index contributed by atoms with van der Waals surface area (Å²) in [6, 6.07) is 0. The van der Waals surface area contributed by atoms with E-state index in [-0.39, 0.29) is 47.4 Å². The van der Waals surface area contributed by atoms with E-state index in [1.54, 1.807) is 0 Å². The third-order valence-corrected chi connectivity index (χ3v) is 5.62. The highest BCUT2D eigenvalue weighted by atomic mass is 127. The summed E-state index contributed by atoms with van der Waals surface area (Å²) in [7, 11) is 0. The fraction of sp³-hybridized carbons (Fsp3) is 0.895. The highest BCUT2D eigenvalue weighted by Crippen LogP contribution is 2.36. The number of nitrogens with zero attached hydrogens (tertiary/aromatic N) is 2. The van der Waals surface area contributed by atoms with Gasteiger partial charge in [0.05, 0.1) is 25.2 Å². The minimum Gasteiger partial charge on any atom is -0.466 e. The van der Waals surface area contributed by atoms with Crippen LogP contribution in [0.15, 0.2) is 4.99 Å².